The Bertz CT molecular complexity index is 515. The number of aliphatic imine (C=N–C) groups is 1. The van der Waals surface area contributed by atoms with Crippen molar-refractivity contribution in [3.05, 3.63) is 35.4 Å². The average Bonchev–Trinajstić information content (AvgIpc) is 2.35. The third kappa shape index (κ3) is 1.43. The van der Waals surface area contributed by atoms with Gasteiger partial charge < -0.3 is 10.5 Å². The molecule has 1 aromatic rings. The highest BCUT2D eigenvalue weighted by Crippen LogP contribution is 2.50. The lowest BCUT2D eigenvalue weighted by Gasteiger charge is -2.43. The minimum Gasteiger partial charge on any atom is -0.459 e. The van der Waals surface area contributed by atoms with Gasteiger partial charge in [-0.15, -0.1) is 0 Å². The monoisotopic (exact) mass is 252 g/mol. The number of benzene rings is 1. The van der Waals surface area contributed by atoms with Crippen LogP contribution < -0.4 is 5.73 Å². The molecule has 3 nitrogen and oxygen atoms in total. The fourth-order valence-electron chi connectivity index (χ4n) is 2.89. The molecule has 0 saturated carbocycles. The number of hydrogen-bond acceptors (Lipinski definition) is 3. The first-order valence-electron chi connectivity index (χ1n) is 5.99. The zero-order valence-corrected chi connectivity index (χ0v) is 9.83. The van der Waals surface area contributed by atoms with Gasteiger partial charge in [-0.3, -0.25) is 0 Å². The topological polar surface area (TPSA) is 47.6 Å². The third-order valence-electron chi connectivity index (χ3n) is 3.76. The number of hydrogen-bond donors (Lipinski definition) is 1. The van der Waals surface area contributed by atoms with Gasteiger partial charge >= 0.3 is 5.92 Å². The summed E-state index contributed by atoms with van der Waals surface area (Å²) in [7, 11) is 0. The van der Waals surface area contributed by atoms with Gasteiger partial charge in [0.2, 0.25) is 0 Å². The summed E-state index contributed by atoms with van der Waals surface area (Å²) < 4.78 is 33.3. The standard InChI is InChI=1S/C13H14F2N2O/c14-13(15)8-18-11(16)17-12(13)7-3-5-9-4-1-2-6-10(9)12/h1-2,4,6H,3,5,7-8H2,(H2,16,17). The predicted molar refractivity (Wildman–Crippen MR) is 63.6 cm³/mol. The van der Waals surface area contributed by atoms with Crippen molar-refractivity contribution >= 4 is 6.02 Å². The van der Waals surface area contributed by atoms with Crippen LogP contribution in [0, 0.1) is 0 Å². The molecule has 1 heterocycles. The molecule has 1 atom stereocenters. The van der Waals surface area contributed by atoms with Gasteiger partial charge in [0.05, 0.1) is 0 Å². The lowest BCUT2D eigenvalue weighted by molar-refractivity contribution is -0.127. The number of halogens is 2. The van der Waals surface area contributed by atoms with Crippen LogP contribution in [-0.2, 0) is 16.7 Å². The van der Waals surface area contributed by atoms with E-state index in [1.807, 2.05) is 12.1 Å². The molecule has 5 heteroatoms. The Morgan fingerprint density at radius 1 is 1.28 bits per heavy atom. The zero-order valence-electron chi connectivity index (χ0n) is 9.83. The molecule has 0 bridgehead atoms. The number of nitrogens with zero attached hydrogens (tertiary/aromatic N) is 1. The van der Waals surface area contributed by atoms with E-state index in [0.29, 0.717) is 18.4 Å². The quantitative estimate of drug-likeness (QED) is 0.769. The lowest BCUT2D eigenvalue weighted by atomic mass is 9.73. The van der Waals surface area contributed by atoms with Gasteiger partial charge in [0.25, 0.3) is 6.02 Å². The predicted octanol–water partition coefficient (Wildman–Crippen LogP) is 2.20. The normalized spacial score (nSPS) is 29.3. The summed E-state index contributed by atoms with van der Waals surface area (Å²) in [6, 6.07) is 7.10. The van der Waals surface area contributed by atoms with Crippen LogP contribution >= 0.6 is 0 Å². The second kappa shape index (κ2) is 3.67. The number of amidine groups is 1. The molecule has 0 aromatic heterocycles. The lowest BCUT2D eigenvalue weighted by Crippen LogP contribution is -2.54. The minimum absolute atomic E-state index is 0.141. The fourth-order valence-corrected chi connectivity index (χ4v) is 2.89. The van der Waals surface area contributed by atoms with Crippen molar-refractivity contribution in [2.75, 3.05) is 6.61 Å². The average molecular weight is 252 g/mol. The van der Waals surface area contributed by atoms with E-state index in [4.69, 9.17) is 10.5 Å². The summed E-state index contributed by atoms with van der Waals surface area (Å²) >= 11 is 0. The largest absolute Gasteiger partial charge is 0.459 e. The van der Waals surface area contributed by atoms with Crippen molar-refractivity contribution in [2.24, 2.45) is 10.7 Å². The van der Waals surface area contributed by atoms with Gasteiger partial charge in [0.15, 0.2) is 12.1 Å². The smallest absolute Gasteiger partial charge is 0.310 e. The van der Waals surface area contributed by atoms with Crippen LogP contribution in [0.15, 0.2) is 29.3 Å². The van der Waals surface area contributed by atoms with E-state index < -0.39 is 18.1 Å². The van der Waals surface area contributed by atoms with E-state index in [1.54, 1.807) is 12.1 Å². The van der Waals surface area contributed by atoms with Gasteiger partial charge in [-0.05, 0) is 30.4 Å². The molecule has 96 valence electrons. The van der Waals surface area contributed by atoms with Gasteiger partial charge in [-0.25, -0.2) is 4.99 Å². The number of nitrogens with two attached hydrogens (primary N) is 1. The Morgan fingerprint density at radius 3 is 2.89 bits per heavy atom. The molecule has 0 amide bonds. The molecule has 3 rings (SSSR count). The summed E-state index contributed by atoms with van der Waals surface area (Å²) in [6.45, 7) is -0.698. The maximum atomic E-state index is 14.3. The molecule has 0 radical (unpaired) electrons. The summed E-state index contributed by atoms with van der Waals surface area (Å²) in [5, 5.41) is 0. The minimum atomic E-state index is -3.02. The van der Waals surface area contributed by atoms with Crippen LogP contribution in [0.4, 0.5) is 8.78 Å². The summed E-state index contributed by atoms with van der Waals surface area (Å²) in [6.07, 6.45) is 1.80. The first-order chi connectivity index (χ1) is 8.55. The second-order valence-corrected chi connectivity index (χ2v) is 4.81. The number of ether oxygens (including phenoxy) is 1. The van der Waals surface area contributed by atoms with Crippen LogP contribution in [-0.4, -0.2) is 18.6 Å². The third-order valence-corrected chi connectivity index (χ3v) is 3.76. The van der Waals surface area contributed by atoms with Crippen LogP contribution in [0.1, 0.15) is 24.0 Å². The van der Waals surface area contributed by atoms with Crippen molar-refractivity contribution in [3.63, 3.8) is 0 Å². The summed E-state index contributed by atoms with van der Waals surface area (Å²) in [5.74, 6) is -3.02. The first-order valence-corrected chi connectivity index (χ1v) is 5.99. The van der Waals surface area contributed by atoms with Gasteiger partial charge in [0.1, 0.15) is 0 Å². The van der Waals surface area contributed by atoms with Gasteiger partial charge in [-0.1, -0.05) is 24.3 Å². The fraction of sp³-hybridized carbons (Fsp3) is 0.462. The van der Waals surface area contributed by atoms with E-state index in [0.717, 1.165) is 12.0 Å². The molecule has 2 aliphatic rings. The molecule has 1 spiro atoms. The second-order valence-electron chi connectivity index (χ2n) is 4.81. The summed E-state index contributed by atoms with van der Waals surface area (Å²) in [5.41, 5.74) is 5.50. The highest BCUT2D eigenvalue weighted by atomic mass is 19.3. The Balaban J connectivity index is 2.23. The van der Waals surface area contributed by atoms with E-state index in [1.165, 1.54) is 0 Å². The molecule has 1 aromatic carbocycles. The highest BCUT2D eigenvalue weighted by Gasteiger charge is 2.59. The van der Waals surface area contributed by atoms with Gasteiger partial charge in [-0.2, -0.15) is 8.78 Å². The van der Waals surface area contributed by atoms with Crippen LogP contribution in [0.2, 0.25) is 0 Å². The van der Waals surface area contributed by atoms with E-state index in [-0.39, 0.29) is 6.02 Å². The molecular formula is C13H14F2N2O. The molecular weight excluding hydrogens is 238 g/mol. The van der Waals surface area contributed by atoms with Crippen molar-refractivity contribution < 1.29 is 13.5 Å². The molecule has 18 heavy (non-hydrogen) atoms. The van der Waals surface area contributed by atoms with Crippen molar-refractivity contribution in [1.29, 1.82) is 0 Å². The maximum Gasteiger partial charge on any atom is 0.310 e. The summed E-state index contributed by atoms with van der Waals surface area (Å²) in [4.78, 5) is 3.99. The van der Waals surface area contributed by atoms with Crippen LogP contribution in [0.5, 0.6) is 0 Å². The molecule has 0 fully saturated rings. The number of aryl methyl sites for hydroxylation is 1. The number of rotatable bonds is 0. The SMILES string of the molecule is NC1=NC2(CCCc3ccccc32)C(F)(F)CO1. The molecule has 1 aliphatic carbocycles. The van der Waals surface area contributed by atoms with Gasteiger partial charge in [0, 0.05) is 0 Å². The van der Waals surface area contributed by atoms with E-state index >= 15 is 0 Å². The van der Waals surface area contributed by atoms with Crippen LogP contribution in [0.3, 0.4) is 0 Å². The van der Waals surface area contributed by atoms with Crippen molar-refractivity contribution in [1.82, 2.24) is 0 Å². The van der Waals surface area contributed by atoms with Crippen LogP contribution in [0.25, 0.3) is 0 Å². The zero-order chi connectivity index (χ0) is 12.8. The van der Waals surface area contributed by atoms with Crippen molar-refractivity contribution in [2.45, 2.75) is 30.7 Å². The number of fused-ring (bicyclic) bond motifs is 2. The molecule has 2 N–H and O–H groups in total. The van der Waals surface area contributed by atoms with Crippen molar-refractivity contribution in [3.8, 4) is 0 Å². The molecule has 1 unspecified atom stereocenters. The Morgan fingerprint density at radius 2 is 2.06 bits per heavy atom. The Hall–Kier alpha value is -1.65. The molecule has 1 aliphatic heterocycles. The van der Waals surface area contributed by atoms with E-state index in [9.17, 15) is 8.78 Å². The number of alkyl halides is 2. The first kappa shape index (κ1) is 11.4. The Labute approximate surface area is 104 Å². The Kier molecular flexibility index (Phi) is 2.33. The van der Waals surface area contributed by atoms with E-state index in [2.05, 4.69) is 4.99 Å². The molecule has 0 saturated heterocycles. The highest BCUT2D eigenvalue weighted by molar-refractivity contribution is 5.73. The maximum absolute atomic E-state index is 14.3.